The van der Waals surface area contributed by atoms with Gasteiger partial charge in [-0.25, -0.2) is 0 Å². The summed E-state index contributed by atoms with van der Waals surface area (Å²) in [5.41, 5.74) is 2.07. The Balaban J connectivity index is 1.97. The van der Waals surface area contributed by atoms with Crippen molar-refractivity contribution in [2.75, 3.05) is 0 Å². The normalized spacial score (nSPS) is 13.0. The van der Waals surface area contributed by atoms with Gasteiger partial charge >= 0.3 is 0 Å². The number of nitro groups is 1. The van der Waals surface area contributed by atoms with E-state index < -0.39 is 0 Å². The van der Waals surface area contributed by atoms with Gasteiger partial charge in [-0.1, -0.05) is 12.1 Å². The number of aryl methyl sites for hydroxylation is 1. The number of aliphatic imine (C=N–C) groups is 1. The minimum absolute atomic E-state index is 0.0535. The number of nitro benzene ring substituents is 1. The Morgan fingerprint density at radius 1 is 1.22 bits per heavy atom. The van der Waals surface area contributed by atoms with Crippen molar-refractivity contribution in [3.63, 3.8) is 0 Å². The standard InChI is InChI=1S/C15H11N5O2S/c1-9-17-18-13-8-16-14(11-6-7-23-15(11)19(9)13)10-4-2-3-5-12(10)20(21)22/h2-7H,8H2,1H3. The third kappa shape index (κ3) is 2.07. The molecule has 4 rings (SSSR count). The zero-order valence-electron chi connectivity index (χ0n) is 12.1. The minimum atomic E-state index is -0.375. The SMILES string of the molecule is Cc1nnc2n1-c1sccc1C(c1ccccc1[N+](=O)[O-])=NC2. The molecular formula is C15H11N5O2S. The van der Waals surface area contributed by atoms with Gasteiger partial charge in [0, 0.05) is 11.6 Å². The Morgan fingerprint density at radius 2 is 2.04 bits per heavy atom. The molecule has 0 aliphatic carbocycles. The molecule has 0 amide bonds. The molecule has 114 valence electrons. The van der Waals surface area contributed by atoms with E-state index in [1.807, 2.05) is 22.9 Å². The lowest BCUT2D eigenvalue weighted by molar-refractivity contribution is -0.385. The number of fused-ring (bicyclic) bond motifs is 3. The van der Waals surface area contributed by atoms with Crippen LogP contribution in [0, 0.1) is 17.0 Å². The predicted octanol–water partition coefficient (Wildman–Crippen LogP) is 2.90. The van der Waals surface area contributed by atoms with E-state index >= 15 is 0 Å². The van der Waals surface area contributed by atoms with Crippen LogP contribution in [0.4, 0.5) is 5.69 Å². The smallest absolute Gasteiger partial charge is 0.276 e. The Kier molecular flexibility index (Phi) is 3.05. The highest BCUT2D eigenvalue weighted by atomic mass is 32.1. The van der Waals surface area contributed by atoms with Crippen LogP contribution < -0.4 is 0 Å². The summed E-state index contributed by atoms with van der Waals surface area (Å²) in [5.74, 6) is 1.52. The maximum absolute atomic E-state index is 11.3. The fourth-order valence-electron chi connectivity index (χ4n) is 2.73. The third-order valence-corrected chi connectivity index (χ3v) is 4.63. The summed E-state index contributed by atoms with van der Waals surface area (Å²) >= 11 is 1.55. The maximum atomic E-state index is 11.3. The molecule has 1 aliphatic heterocycles. The van der Waals surface area contributed by atoms with E-state index in [-0.39, 0.29) is 10.6 Å². The highest BCUT2D eigenvalue weighted by Crippen LogP contribution is 2.32. The zero-order valence-corrected chi connectivity index (χ0v) is 12.9. The summed E-state index contributed by atoms with van der Waals surface area (Å²) < 4.78 is 1.96. The minimum Gasteiger partial charge on any atom is -0.276 e. The van der Waals surface area contributed by atoms with E-state index in [1.165, 1.54) is 6.07 Å². The number of thiophene rings is 1. The fourth-order valence-corrected chi connectivity index (χ4v) is 3.69. The molecule has 0 fully saturated rings. The molecule has 3 heterocycles. The van der Waals surface area contributed by atoms with E-state index in [0.29, 0.717) is 17.8 Å². The molecule has 8 heteroatoms. The number of benzene rings is 1. The van der Waals surface area contributed by atoms with Crippen LogP contribution in [0.5, 0.6) is 0 Å². The Hall–Kier alpha value is -2.87. The molecule has 0 unspecified atom stereocenters. The van der Waals surface area contributed by atoms with E-state index in [9.17, 15) is 10.1 Å². The highest BCUT2D eigenvalue weighted by molar-refractivity contribution is 7.13. The number of rotatable bonds is 2. The second-order valence-electron chi connectivity index (χ2n) is 5.08. The molecule has 0 spiro atoms. The lowest BCUT2D eigenvalue weighted by atomic mass is 10.0. The topological polar surface area (TPSA) is 86.2 Å². The van der Waals surface area contributed by atoms with Crippen molar-refractivity contribution in [2.24, 2.45) is 4.99 Å². The molecule has 3 aromatic rings. The summed E-state index contributed by atoms with van der Waals surface area (Å²) in [6.07, 6.45) is 0. The third-order valence-electron chi connectivity index (χ3n) is 3.73. The molecule has 0 saturated carbocycles. The quantitative estimate of drug-likeness (QED) is 0.535. The molecule has 7 nitrogen and oxygen atoms in total. The summed E-state index contributed by atoms with van der Waals surface area (Å²) in [4.78, 5) is 15.6. The van der Waals surface area contributed by atoms with E-state index in [2.05, 4.69) is 15.2 Å². The predicted molar refractivity (Wildman–Crippen MR) is 86.4 cm³/mol. The lowest BCUT2D eigenvalue weighted by Crippen LogP contribution is -2.07. The summed E-state index contributed by atoms with van der Waals surface area (Å²) in [5, 5.41) is 22.5. The van der Waals surface area contributed by atoms with Crippen LogP contribution in [0.1, 0.15) is 22.8 Å². The van der Waals surface area contributed by atoms with Gasteiger partial charge in [-0.3, -0.25) is 19.7 Å². The van der Waals surface area contributed by atoms with Gasteiger partial charge in [0.25, 0.3) is 5.69 Å². The fraction of sp³-hybridized carbons (Fsp3) is 0.133. The number of hydrogen-bond acceptors (Lipinski definition) is 6. The van der Waals surface area contributed by atoms with Gasteiger partial charge < -0.3 is 0 Å². The summed E-state index contributed by atoms with van der Waals surface area (Å²) in [6.45, 7) is 2.22. The zero-order chi connectivity index (χ0) is 16.0. The number of nitrogens with zero attached hydrogens (tertiary/aromatic N) is 5. The largest absolute Gasteiger partial charge is 0.278 e. The van der Waals surface area contributed by atoms with Gasteiger partial charge in [-0.15, -0.1) is 21.5 Å². The van der Waals surface area contributed by atoms with Crippen LogP contribution in [0.3, 0.4) is 0 Å². The summed E-state index contributed by atoms with van der Waals surface area (Å²) in [6, 6.07) is 8.61. The van der Waals surface area contributed by atoms with E-state index in [1.54, 1.807) is 29.5 Å². The van der Waals surface area contributed by atoms with Crippen molar-refractivity contribution in [1.29, 1.82) is 0 Å². The first-order valence-electron chi connectivity index (χ1n) is 6.94. The van der Waals surface area contributed by atoms with Crippen molar-refractivity contribution in [3.8, 4) is 5.00 Å². The molecule has 0 atom stereocenters. The average Bonchev–Trinajstić information content (AvgIpc) is 3.11. The molecule has 0 saturated heterocycles. The number of para-hydroxylation sites is 1. The van der Waals surface area contributed by atoms with Crippen LogP contribution in [-0.2, 0) is 6.54 Å². The first-order valence-corrected chi connectivity index (χ1v) is 7.82. The van der Waals surface area contributed by atoms with Gasteiger partial charge in [0.1, 0.15) is 17.4 Å². The van der Waals surface area contributed by atoms with Crippen molar-refractivity contribution >= 4 is 22.7 Å². The molecule has 23 heavy (non-hydrogen) atoms. The van der Waals surface area contributed by atoms with Crippen molar-refractivity contribution in [3.05, 3.63) is 68.6 Å². The van der Waals surface area contributed by atoms with E-state index in [0.717, 1.165) is 22.2 Å². The summed E-state index contributed by atoms with van der Waals surface area (Å²) in [7, 11) is 0. The molecular weight excluding hydrogens is 314 g/mol. The molecule has 0 N–H and O–H groups in total. The van der Waals surface area contributed by atoms with Gasteiger partial charge in [-0.2, -0.15) is 0 Å². The average molecular weight is 325 g/mol. The number of hydrogen-bond donors (Lipinski definition) is 0. The van der Waals surface area contributed by atoms with Crippen molar-refractivity contribution < 1.29 is 4.92 Å². The molecule has 0 radical (unpaired) electrons. The van der Waals surface area contributed by atoms with Crippen molar-refractivity contribution in [2.45, 2.75) is 13.5 Å². The molecule has 2 aromatic heterocycles. The molecule has 0 bridgehead atoms. The van der Waals surface area contributed by atoms with Crippen LogP contribution in [0.15, 0.2) is 40.7 Å². The van der Waals surface area contributed by atoms with Gasteiger partial charge in [0.2, 0.25) is 0 Å². The highest BCUT2D eigenvalue weighted by Gasteiger charge is 2.26. The Bertz CT molecular complexity index is 956. The van der Waals surface area contributed by atoms with Gasteiger partial charge in [0.05, 0.1) is 16.2 Å². The van der Waals surface area contributed by atoms with E-state index in [4.69, 9.17) is 0 Å². The first-order chi connectivity index (χ1) is 11.2. The van der Waals surface area contributed by atoms with Crippen LogP contribution in [0.2, 0.25) is 0 Å². The second kappa shape index (κ2) is 5.10. The van der Waals surface area contributed by atoms with Gasteiger partial charge in [0.15, 0.2) is 5.82 Å². The maximum Gasteiger partial charge on any atom is 0.278 e. The molecule has 1 aromatic carbocycles. The second-order valence-corrected chi connectivity index (χ2v) is 5.97. The van der Waals surface area contributed by atoms with Crippen molar-refractivity contribution in [1.82, 2.24) is 14.8 Å². The monoisotopic (exact) mass is 325 g/mol. The van der Waals surface area contributed by atoms with Gasteiger partial charge in [-0.05, 0) is 24.4 Å². The van der Waals surface area contributed by atoms with Crippen LogP contribution in [-0.4, -0.2) is 25.4 Å². The Morgan fingerprint density at radius 3 is 2.87 bits per heavy atom. The van der Waals surface area contributed by atoms with Crippen LogP contribution >= 0.6 is 11.3 Å². The molecule has 1 aliphatic rings. The Labute approximate surface area is 135 Å². The lowest BCUT2D eigenvalue weighted by Gasteiger charge is -2.07. The number of aromatic nitrogens is 3. The van der Waals surface area contributed by atoms with Crippen LogP contribution in [0.25, 0.3) is 5.00 Å². The first kappa shape index (κ1) is 13.8.